The van der Waals surface area contributed by atoms with Gasteiger partial charge in [0.2, 0.25) is 0 Å². The van der Waals surface area contributed by atoms with Crippen molar-refractivity contribution in [1.82, 2.24) is 0 Å². The van der Waals surface area contributed by atoms with Crippen molar-refractivity contribution in [2.75, 3.05) is 24.7 Å². The molecule has 35 heavy (non-hydrogen) atoms. The number of anilines is 1. The molecule has 9 heteroatoms. The van der Waals surface area contributed by atoms with Gasteiger partial charge in [0, 0.05) is 16.3 Å². The molecule has 0 fully saturated rings. The number of carbonyl (C=O) groups excluding carboxylic acids is 2. The molecule has 0 spiro atoms. The first-order valence-electron chi connectivity index (χ1n) is 11.2. The zero-order valence-electron chi connectivity index (χ0n) is 19.3. The number of esters is 1. The van der Waals surface area contributed by atoms with Gasteiger partial charge in [0.1, 0.15) is 18.1 Å². The van der Waals surface area contributed by atoms with Crippen molar-refractivity contribution in [2.45, 2.75) is 33.2 Å². The molecule has 3 aromatic rings. The second-order valence-electron chi connectivity index (χ2n) is 7.85. The summed E-state index contributed by atoms with van der Waals surface area (Å²) in [4.78, 5) is 26.9. The monoisotopic (exact) mass is 503 g/mol. The number of hydrogen-bond donors (Lipinski definition) is 0. The number of carbonyl (C=O) groups is 2. The fourth-order valence-corrected chi connectivity index (χ4v) is 4.53. The van der Waals surface area contributed by atoms with Crippen LogP contribution >= 0.6 is 11.6 Å². The van der Waals surface area contributed by atoms with E-state index in [4.69, 9.17) is 25.8 Å². The maximum absolute atomic E-state index is 13.6. The van der Waals surface area contributed by atoms with E-state index in [0.717, 1.165) is 0 Å². The average molecular weight is 504 g/mol. The van der Waals surface area contributed by atoms with Crippen molar-refractivity contribution >= 4 is 39.9 Å². The second kappa shape index (κ2) is 10.5. The predicted octanol–water partition coefficient (Wildman–Crippen LogP) is 5.80. The Morgan fingerprint density at radius 1 is 1.06 bits per heavy atom. The van der Waals surface area contributed by atoms with Gasteiger partial charge < -0.3 is 19.1 Å². The Morgan fingerprint density at radius 3 is 2.40 bits per heavy atom. The van der Waals surface area contributed by atoms with Crippen molar-refractivity contribution in [3.63, 3.8) is 0 Å². The van der Waals surface area contributed by atoms with Crippen molar-refractivity contribution in [1.29, 1.82) is 0 Å². The van der Waals surface area contributed by atoms with E-state index in [1.807, 2.05) is 13.0 Å². The zero-order valence-corrected chi connectivity index (χ0v) is 20.0. The van der Waals surface area contributed by atoms with Crippen molar-refractivity contribution in [2.24, 2.45) is 0 Å². The Bertz CT molecular complexity index is 1280. The molecule has 184 valence electrons. The number of benzene rings is 3. The summed E-state index contributed by atoms with van der Waals surface area (Å²) in [5.41, 5.74) is 1.79. The van der Waals surface area contributed by atoms with Gasteiger partial charge in [-0.1, -0.05) is 41.9 Å². The molecule has 1 aliphatic heterocycles. The van der Waals surface area contributed by atoms with E-state index in [1.165, 1.54) is 4.90 Å². The molecule has 1 aliphatic rings. The van der Waals surface area contributed by atoms with Gasteiger partial charge in [0.05, 0.1) is 42.5 Å². The van der Waals surface area contributed by atoms with Gasteiger partial charge >= 0.3 is 5.97 Å². The third-order valence-corrected chi connectivity index (χ3v) is 5.90. The number of fused-ring (bicyclic) bond motifs is 2. The van der Waals surface area contributed by atoms with Gasteiger partial charge in [-0.2, -0.15) is 0 Å². The highest BCUT2D eigenvalue weighted by atomic mass is 35.5. The molecular weight excluding hydrogens is 480 g/mol. The maximum atomic E-state index is 13.6. The first-order chi connectivity index (χ1) is 16.8. The van der Waals surface area contributed by atoms with E-state index < -0.39 is 18.9 Å². The Morgan fingerprint density at radius 2 is 1.77 bits per heavy atom. The van der Waals surface area contributed by atoms with E-state index in [9.17, 15) is 18.4 Å². The third-order valence-electron chi connectivity index (χ3n) is 5.59. The van der Waals surface area contributed by atoms with E-state index in [2.05, 4.69) is 0 Å². The Hall–Kier alpha value is -3.39. The molecule has 0 N–H and O–H groups in total. The molecule has 0 aliphatic carbocycles. The Labute approximate surface area is 206 Å². The number of amides is 1. The van der Waals surface area contributed by atoms with Crippen LogP contribution in [0.4, 0.5) is 14.5 Å². The standard InChI is InChI=1S/C26H24ClF2NO5/c1-3-33-22(31)12-15-9-10-20(19(27)11-15)30-13-18-23(26(30)32)25(35-14-21(28)29)17-8-6-5-7-16(17)24(18)34-4-2/h5-11,21H,3-4,12-14H2,1-2H3. The minimum Gasteiger partial charge on any atom is -0.493 e. The van der Waals surface area contributed by atoms with Crippen LogP contribution in [0.1, 0.15) is 35.3 Å². The van der Waals surface area contributed by atoms with Crippen LogP contribution in [-0.2, 0) is 22.5 Å². The summed E-state index contributed by atoms with van der Waals surface area (Å²) in [5, 5.41) is 1.45. The molecule has 0 saturated carbocycles. The minimum atomic E-state index is -2.70. The van der Waals surface area contributed by atoms with Crippen LogP contribution < -0.4 is 14.4 Å². The van der Waals surface area contributed by atoms with Crippen molar-refractivity contribution in [3.05, 3.63) is 64.2 Å². The largest absolute Gasteiger partial charge is 0.493 e. The molecular formula is C26H24ClF2NO5. The highest BCUT2D eigenvalue weighted by molar-refractivity contribution is 6.34. The van der Waals surface area contributed by atoms with Gasteiger partial charge in [0.25, 0.3) is 12.3 Å². The van der Waals surface area contributed by atoms with Crippen LogP contribution in [-0.4, -0.2) is 38.1 Å². The molecule has 6 nitrogen and oxygen atoms in total. The number of rotatable bonds is 9. The first-order valence-corrected chi connectivity index (χ1v) is 11.6. The fourth-order valence-electron chi connectivity index (χ4n) is 4.23. The number of ether oxygens (including phenoxy) is 3. The molecule has 0 aromatic heterocycles. The summed E-state index contributed by atoms with van der Waals surface area (Å²) < 4.78 is 42.5. The quantitative estimate of drug-likeness (QED) is 0.345. The Kier molecular flexibility index (Phi) is 7.40. The molecule has 0 bridgehead atoms. The van der Waals surface area contributed by atoms with Crippen molar-refractivity contribution < 1.29 is 32.6 Å². The van der Waals surface area contributed by atoms with Gasteiger partial charge in [0.15, 0.2) is 0 Å². The van der Waals surface area contributed by atoms with Gasteiger partial charge in [-0.3, -0.25) is 9.59 Å². The topological polar surface area (TPSA) is 65.1 Å². The predicted molar refractivity (Wildman–Crippen MR) is 129 cm³/mol. The Balaban J connectivity index is 1.78. The van der Waals surface area contributed by atoms with Crippen LogP contribution in [0.5, 0.6) is 11.5 Å². The maximum Gasteiger partial charge on any atom is 0.310 e. The lowest BCUT2D eigenvalue weighted by Crippen LogP contribution is -2.24. The van der Waals surface area contributed by atoms with E-state index in [-0.39, 0.29) is 41.9 Å². The number of nitrogens with zero attached hydrogens (tertiary/aromatic N) is 1. The highest BCUT2D eigenvalue weighted by Crippen LogP contribution is 2.47. The van der Waals surface area contributed by atoms with Gasteiger partial charge in [-0.05, 0) is 31.5 Å². The smallest absolute Gasteiger partial charge is 0.310 e. The highest BCUT2D eigenvalue weighted by Gasteiger charge is 2.37. The number of alkyl halides is 2. The lowest BCUT2D eigenvalue weighted by atomic mass is 9.99. The van der Waals surface area contributed by atoms with Crippen molar-refractivity contribution in [3.8, 4) is 11.5 Å². The van der Waals surface area contributed by atoms with Gasteiger partial charge in [-0.15, -0.1) is 0 Å². The van der Waals surface area contributed by atoms with E-state index >= 15 is 0 Å². The van der Waals surface area contributed by atoms with Crippen LogP contribution in [0.3, 0.4) is 0 Å². The summed E-state index contributed by atoms with van der Waals surface area (Å²) in [5.74, 6) is -0.207. The SMILES string of the molecule is CCOC(=O)Cc1ccc(N2Cc3c(c(OCC(F)F)c4ccccc4c3OCC)C2=O)c(Cl)c1. The summed E-state index contributed by atoms with van der Waals surface area (Å²) in [6, 6.07) is 12.0. The minimum absolute atomic E-state index is 0.0491. The molecule has 4 rings (SSSR count). The lowest BCUT2D eigenvalue weighted by Gasteiger charge is -2.18. The van der Waals surface area contributed by atoms with Gasteiger partial charge in [-0.25, -0.2) is 8.78 Å². The molecule has 0 atom stereocenters. The number of halogens is 3. The number of hydrogen-bond acceptors (Lipinski definition) is 5. The lowest BCUT2D eigenvalue weighted by molar-refractivity contribution is -0.142. The van der Waals surface area contributed by atoms with E-state index in [0.29, 0.717) is 39.9 Å². The van der Waals surface area contributed by atoms with E-state index in [1.54, 1.807) is 43.3 Å². The second-order valence-corrected chi connectivity index (χ2v) is 8.26. The third kappa shape index (κ3) is 4.89. The summed E-state index contributed by atoms with van der Waals surface area (Å²) in [7, 11) is 0. The zero-order chi connectivity index (χ0) is 25.1. The fraction of sp³-hybridized carbons (Fsp3) is 0.308. The van der Waals surface area contributed by atoms with Crippen LogP contribution in [0, 0.1) is 0 Å². The average Bonchev–Trinajstić information content (AvgIpc) is 3.15. The molecule has 3 aromatic carbocycles. The summed E-state index contributed by atoms with van der Waals surface area (Å²) >= 11 is 6.52. The summed E-state index contributed by atoms with van der Waals surface area (Å²) in [6.45, 7) is 3.46. The summed E-state index contributed by atoms with van der Waals surface area (Å²) in [6.07, 6.45) is -2.65. The normalized spacial score (nSPS) is 12.9. The first kappa shape index (κ1) is 24.7. The molecule has 1 heterocycles. The van der Waals surface area contributed by atoms with Crippen LogP contribution in [0.2, 0.25) is 5.02 Å². The molecule has 1 amide bonds. The van der Waals surface area contributed by atoms with Crippen LogP contribution in [0.15, 0.2) is 42.5 Å². The molecule has 0 unspecified atom stereocenters. The molecule has 0 saturated heterocycles. The molecule has 0 radical (unpaired) electrons. The van der Waals surface area contributed by atoms with Crippen LogP contribution in [0.25, 0.3) is 10.8 Å².